The summed E-state index contributed by atoms with van der Waals surface area (Å²) in [7, 11) is -3.81. The van der Waals surface area contributed by atoms with E-state index in [9.17, 15) is 18.0 Å². The Kier molecular flexibility index (Phi) is 7.56. The summed E-state index contributed by atoms with van der Waals surface area (Å²) in [6.45, 7) is 3.21. The molecule has 0 saturated heterocycles. The fourth-order valence-electron chi connectivity index (χ4n) is 3.26. The molecule has 1 amide bonds. The molecule has 0 aromatic heterocycles. The summed E-state index contributed by atoms with van der Waals surface area (Å²) in [5.74, 6) is -0.475. The van der Waals surface area contributed by atoms with Crippen LogP contribution in [0.3, 0.4) is 0 Å². The number of amides is 1. The van der Waals surface area contributed by atoms with Gasteiger partial charge in [0.15, 0.2) is 5.78 Å². The van der Waals surface area contributed by atoms with Crippen LogP contribution in [0.25, 0.3) is 11.1 Å². The first kappa shape index (κ1) is 23.4. The number of rotatable bonds is 9. The molecule has 0 aliphatic heterocycles. The van der Waals surface area contributed by atoms with Gasteiger partial charge in [0.25, 0.3) is 0 Å². The van der Waals surface area contributed by atoms with E-state index in [1.165, 1.54) is 25.1 Å². The zero-order valence-corrected chi connectivity index (χ0v) is 18.9. The van der Waals surface area contributed by atoms with E-state index in [1.54, 1.807) is 6.07 Å². The fraction of sp³-hybridized carbons (Fsp3) is 0.200. The largest absolute Gasteiger partial charge is 0.350 e. The van der Waals surface area contributed by atoms with Crippen molar-refractivity contribution in [2.45, 2.75) is 31.2 Å². The van der Waals surface area contributed by atoms with Gasteiger partial charge in [-0.05, 0) is 42.7 Å². The normalized spacial score (nSPS) is 12.2. The minimum Gasteiger partial charge on any atom is -0.350 e. The maximum absolute atomic E-state index is 12.4. The highest BCUT2D eigenvalue weighted by Gasteiger charge is 2.16. The number of sulfonamides is 1. The average Bonchev–Trinajstić information content (AvgIpc) is 2.79. The lowest BCUT2D eigenvalue weighted by atomic mass is 10.0. The van der Waals surface area contributed by atoms with Crippen LogP contribution in [0, 0.1) is 0 Å². The minimum absolute atomic E-state index is 0.00192. The summed E-state index contributed by atoms with van der Waals surface area (Å²) in [5, 5.41) is 2.89. The molecular weight excluding hydrogens is 424 g/mol. The molecule has 0 bridgehead atoms. The Labute approximate surface area is 188 Å². The molecule has 166 valence electrons. The third kappa shape index (κ3) is 6.12. The van der Waals surface area contributed by atoms with Gasteiger partial charge in [-0.2, -0.15) is 0 Å². The van der Waals surface area contributed by atoms with Gasteiger partial charge in [-0.3, -0.25) is 9.59 Å². The third-order valence-corrected chi connectivity index (χ3v) is 6.55. The van der Waals surface area contributed by atoms with Crippen molar-refractivity contribution in [1.29, 1.82) is 0 Å². The van der Waals surface area contributed by atoms with Crippen LogP contribution in [-0.2, 0) is 14.8 Å². The van der Waals surface area contributed by atoms with Crippen LogP contribution in [0.5, 0.6) is 0 Å². The summed E-state index contributed by atoms with van der Waals surface area (Å²) < 4.78 is 27.3. The number of benzene rings is 3. The zero-order chi connectivity index (χ0) is 23.1. The Balaban J connectivity index is 1.52. The zero-order valence-electron chi connectivity index (χ0n) is 18.0. The van der Waals surface area contributed by atoms with Crippen molar-refractivity contribution in [2.24, 2.45) is 0 Å². The Hall–Kier alpha value is -3.29. The summed E-state index contributed by atoms with van der Waals surface area (Å²) in [6, 6.07) is 23.6. The molecule has 3 aromatic rings. The molecule has 1 atom stereocenters. The smallest absolute Gasteiger partial charge is 0.240 e. The molecule has 0 fully saturated rings. The van der Waals surface area contributed by atoms with Gasteiger partial charge in [0, 0.05) is 18.5 Å². The molecule has 0 radical (unpaired) electrons. The molecule has 2 N–H and O–H groups in total. The predicted octanol–water partition coefficient (Wildman–Crippen LogP) is 4.10. The number of carbonyl (C=O) groups excluding carboxylic acids is 2. The molecule has 0 saturated carbocycles. The molecule has 1 unspecified atom stereocenters. The van der Waals surface area contributed by atoms with Gasteiger partial charge in [0.1, 0.15) is 0 Å². The molecule has 0 aliphatic rings. The van der Waals surface area contributed by atoms with E-state index < -0.39 is 10.0 Å². The van der Waals surface area contributed by atoms with Crippen LogP contribution in [0.15, 0.2) is 83.8 Å². The number of hydrogen-bond acceptors (Lipinski definition) is 4. The van der Waals surface area contributed by atoms with Crippen molar-refractivity contribution in [3.05, 3.63) is 90.0 Å². The van der Waals surface area contributed by atoms with Gasteiger partial charge in [-0.25, -0.2) is 13.1 Å². The molecular formula is C25H26N2O4S. The van der Waals surface area contributed by atoms with E-state index >= 15 is 0 Å². The topological polar surface area (TPSA) is 92.3 Å². The molecule has 7 heteroatoms. The van der Waals surface area contributed by atoms with Crippen molar-refractivity contribution in [2.75, 3.05) is 6.54 Å². The van der Waals surface area contributed by atoms with Gasteiger partial charge in [0.05, 0.1) is 10.9 Å². The molecule has 6 nitrogen and oxygen atoms in total. The standard InChI is InChI=1S/C25H26N2O4S/c1-18(20-11-13-22(14-12-20)21-7-4-3-5-8-21)27-25(29)15-16-26-32(30,31)24-10-6-9-23(17-24)19(2)28/h3-14,17-18,26H,15-16H2,1-2H3,(H,27,29). The van der Waals surface area contributed by atoms with Crippen molar-refractivity contribution >= 4 is 21.7 Å². The predicted molar refractivity (Wildman–Crippen MR) is 125 cm³/mol. The summed E-state index contributed by atoms with van der Waals surface area (Å²) in [4.78, 5) is 23.8. The molecule has 0 aliphatic carbocycles. The van der Waals surface area contributed by atoms with E-state index in [4.69, 9.17) is 0 Å². The maximum atomic E-state index is 12.4. The van der Waals surface area contributed by atoms with Gasteiger partial charge in [0.2, 0.25) is 15.9 Å². The Bertz CT molecular complexity index is 1190. The first-order valence-corrected chi connectivity index (χ1v) is 11.8. The SMILES string of the molecule is CC(=O)c1cccc(S(=O)(=O)NCCC(=O)NC(C)c2ccc(-c3ccccc3)cc2)c1. The highest BCUT2D eigenvalue weighted by Crippen LogP contribution is 2.21. The highest BCUT2D eigenvalue weighted by molar-refractivity contribution is 7.89. The van der Waals surface area contributed by atoms with Crippen molar-refractivity contribution < 1.29 is 18.0 Å². The second kappa shape index (κ2) is 10.3. The monoisotopic (exact) mass is 450 g/mol. The summed E-state index contributed by atoms with van der Waals surface area (Å²) >= 11 is 0. The van der Waals surface area contributed by atoms with Crippen molar-refractivity contribution in [3.8, 4) is 11.1 Å². The second-order valence-electron chi connectivity index (χ2n) is 7.51. The fourth-order valence-corrected chi connectivity index (χ4v) is 4.33. The maximum Gasteiger partial charge on any atom is 0.240 e. The van der Waals surface area contributed by atoms with Gasteiger partial charge in [-0.15, -0.1) is 0 Å². The van der Waals surface area contributed by atoms with Crippen LogP contribution in [0.4, 0.5) is 0 Å². The van der Waals surface area contributed by atoms with E-state index in [1.807, 2.05) is 61.5 Å². The summed E-state index contributed by atoms with van der Waals surface area (Å²) in [6.07, 6.45) is -0.00192. The van der Waals surface area contributed by atoms with Crippen molar-refractivity contribution in [1.82, 2.24) is 10.0 Å². The number of Topliss-reactive ketones (excluding diaryl/α,β-unsaturated/α-hetero) is 1. The Morgan fingerprint density at radius 2 is 1.53 bits per heavy atom. The molecule has 0 spiro atoms. The lowest BCUT2D eigenvalue weighted by Crippen LogP contribution is -2.32. The van der Waals surface area contributed by atoms with Crippen LogP contribution >= 0.6 is 0 Å². The third-order valence-electron chi connectivity index (χ3n) is 5.09. The summed E-state index contributed by atoms with van der Waals surface area (Å²) in [5.41, 5.74) is 3.49. The number of ketones is 1. The van der Waals surface area contributed by atoms with E-state index in [0.717, 1.165) is 16.7 Å². The van der Waals surface area contributed by atoms with E-state index in [-0.39, 0.29) is 35.6 Å². The lowest BCUT2D eigenvalue weighted by Gasteiger charge is -2.15. The van der Waals surface area contributed by atoms with Crippen molar-refractivity contribution in [3.63, 3.8) is 0 Å². The van der Waals surface area contributed by atoms with Gasteiger partial charge in [-0.1, -0.05) is 66.7 Å². The molecule has 0 heterocycles. The van der Waals surface area contributed by atoms with Crippen LogP contribution in [-0.4, -0.2) is 26.7 Å². The van der Waals surface area contributed by atoms with Gasteiger partial charge >= 0.3 is 0 Å². The van der Waals surface area contributed by atoms with Crippen LogP contribution in [0.2, 0.25) is 0 Å². The number of nitrogens with one attached hydrogen (secondary N) is 2. The quantitative estimate of drug-likeness (QED) is 0.480. The lowest BCUT2D eigenvalue weighted by molar-refractivity contribution is -0.121. The number of hydrogen-bond donors (Lipinski definition) is 2. The second-order valence-corrected chi connectivity index (χ2v) is 9.28. The van der Waals surface area contributed by atoms with E-state index in [0.29, 0.717) is 5.56 Å². The van der Waals surface area contributed by atoms with Crippen LogP contribution < -0.4 is 10.0 Å². The number of carbonyl (C=O) groups is 2. The molecule has 3 rings (SSSR count). The van der Waals surface area contributed by atoms with Gasteiger partial charge < -0.3 is 5.32 Å². The van der Waals surface area contributed by atoms with Crippen LogP contribution in [0.1, 0.15) is 42.2 Å². The highest BCUT2D eigenvalue weighted by atomic mass is 32.2. The molecule has 3 aromatic carbocycles. The Morgan fingerprint density at radius 1 is 0.875 bits per heavy atom. The molecule has 32 heavy (non-hydrogen) atoms. The Morgan fingerprint density at radius 3 is 2.19 bits per heavy atom. The van der Waals surface area contributed by atoms with E-state index in [2.05, 4.69) is 10.0 Å². The first-order chi connectivity index (χ1) is 15.3. The first-order valence-electron chi connectivity index (χ1n) is 10.3. The average molecular weight is 451 g/mol. The minimum atomic E-state index is -3.81.